The summed E-state index contributed by atoms with van der Waals surface area (Å²) in [7, 11) is 1.20. The number of ether oxygens (including phenoxy) is 1. The summed E-state index contributed by atoms with van der Waals surface area (Å²) in [5.74, 6) is -0.278. The van der Waals surface area contributed by atoms with E-state index in [2.05, 4.69) is 9.72 Å². The van der Waals surface area contributed by atoms with E-state index >= 15 is 0 Å². The maximum Gasteiger partial charge on any atom is 0.269 e. The molecule has 0 fully saturated rings. The summed E-state index contributed by atoms with van der Waals surface area (Å²) in [6, 6.07) is 0. The SMILES string of the molecule is COc1ncc(C)c(C(=O)Cl)c1C(F)F. The monoisotopic (exact) mass is 235 g/mol. The average molecular weight is 236 g/mol. The van der Waals surface area contributed by atoms with Gasteiger partial charge in [-0.15, -0.1) is 0 Å². The second kappa shape index (κ2) is 4.53. The molecule has 82 valence electrons. The first kappa shape index (κ1) is 11.8. The van der Waals surface area contributed by atoms with Crippen molar-refractivity contribution in [2.24, 2.45) is 0 Å². The van der Waals surface area contributed by atoms with Gasteiger partial charge in [-0.05, 0) is 24.1 Å². The molecule has 0 unspecified atom stereocenters. The van der Waals surface area contributed by atoms with Gasteiger partial charge < -0.3 is 4.74 Å². The number of hydrogen-bond acceptors (Lipinski definition) is 3. The lowest BCUT2D eigenvalue weighted by molar-refractivity contribution is 0.106. The van der Waals surface area contributed by atoms with Crippen LogP contribution < -0.4 is 4.74 Å². The van der Waals surface area contributed by atoms with Gasteiger partial charge in [-0.3, -0.25) is 4.79 Å². The Balaban J connectivity index is 3.51. The third-order valence-electron chi connectivity index (χ3n) is 1.88. The molecule has 0 saturated carbocycles. The first-order chi connectivity index (χ1) is 6.99. The van der Waals surface area contributed by atoms with Crippen LogP contribution >= 0.6 is 11.6 Å². The molecule has 0 aliphatic carbocycles. The Morgan fingerprint density at radius 1 is 1.60 bits per heavy atom. The van der Waals surface area contributed by atoms with Crippen LogP contribution in [0, 0.1) is 6.92 Å². The van der Waals surface area contributed by atoms with E-state index in [1.54, 1.807) is 0 Å². The molecule has 1 rings (SSSR count). The highest BCUT2D eigenvalue weighted by atomic mass is 35.5. The van der Waals surface area contributed by atoms with Gasteiger partial charge in [0.05, 0.1) is 18.2 Å². The van der Waals surface area contributed by atoms with Gasteiger partial charge in [-0.2, -0.15) is 0 Å². The number of aryl methyl sites for hydroxylation is 1. The zero-order valence-corrected chi connectivity index (χ0v) is 8.81. The normalized spacial score (nSPS) is 10.5. The maximum absolute atomic E-state index is 12.7. The first-order valence-electron chi connectivity index (χ1n) is 4.00. The topological polar surface area (TPSA) is 39.2 Å². The molecule has 0 N–H and O–H groups in total. The molecule has 0 aliphatic heterocycles. The van der Waals surface area contributed by atoms with Gasteiger partial charge in [0.1, 0.15) is 0 Å². The van der Waals surface area contributed by atoms with Gasteiger partial charge >= 0.3 is 0 Å². The fourth-order valence-electron chi connectivity index (χ4n) is 1.23. The van der Waals surface area contributed by atoms with Crippen LogP contribution in [0.3, 0.4) is 0 Å². The number of carbonyl (C=O) groups is 1. The minimum Gasteiger partial charge on any atom is -0.481 e. The third kappa shape index (κ3) is 2.23. The summed E-state index contributed by atoms with van der Waals surface area (Å²) in [4.78, 5) is 14.7. The Bertz CT molecular complexity index is 396. The van der Waals surface area contributed by atoms with E-state index in [1.807, 2.05) is 0 Å². The fourth-order valence-corrected chi connectivity index (χ4v) is 1.49. The summed E-state index contributed by atoms with van der Waals surface area (Å²) in [5.41, 5.74) is -0.498. The number of aromatic nitrogens is 1. The van der Waals surface area contributed by atoms with Crippen molar-refractivity contribution in [3.63, 3.8) is 0 Å². The van der Waals surface area contributed by atoms with Gasteiger partial charge in [-0.25, -0.2) is 13.8 Å². The lowest BCUT2D eigenvalue weighted by atomic mass is 10.1. The number of halogens is 3. The van der Waals surface area contributed by atoms with Gasteiger partial charge in [-0.1, -0.05) is 0 Å². The van der Waals surface area contributed by atoms with Crippen LogP contribution in [0.4, 0.5) is 8.78 Å². The quantitative estimate of drug-likeness (QED) is 0.756. The van der Waals surface area contributed by atoms with Crippen LogP contribution in [0.15, 0.2) is 6.20 Å². The summed E-state index contributed by atoms with van der Waals surface area (Å²) in [6.07, 6.45) is -1.59. The zero-order valence-electron chi connectivity index (χ0n) is 8.05. The molecule has 6 heteroatoms. The van der Waals surface area contributed by atoms with Gasteiger partial charge in [0.15, 0.2) is 0 Å². The average Bonchev–Trinajstić information content (AvgIpc) is 2.16. The standard InChI is InChI=1S/C9H8ClF2NO2/c1-4-3-13-9(15-2)6(8(11)12)5(4)7(10)14/h3,8H,1-2H3. The van der Waals surface area contributed by atoms with E-state index in [0.717, 1.165) is 0 Å². The third-order valence-corrected chi connectivity index (χ3v) is 2.07. The molecule has 0 saturated heterocycles. The van der Waals surface area contributed by atoms with Crippen molar-refractivity contribution in [2.75, 3.05) is 7.11 Å². The molecule has 0 amide bonds. The number of methoxy groups -OCH3 is 1. The van der Waals surface area contributed by atoms with Crippen LogP contribution in [0.25, 0.3) is 0 Å². The molecule has 15 heavy (non-hydrogen) atoms. The van der Waals surface area contributed by atoms with Crippen molar-refractivity contribution < 1.29 is 18.3 Å². The highest BCUT2D eigenvalue weighted by Crippen LogP contribution is 2.32. The number of alkyl halides is 2. The van der Waals surface area contributed by atoms with Crippen molar-refractivity contribution in [1.82, 2.24) is 4.98 Å². The molecule has 0 aromatic carbocycles. The van der Waals surface area contributed by atoms with Crippen molar-refractivity contribution in [1.29, 1.82) is 0 Å². The molecule has 0 radical (unpaired) electrons. The number of hydrogen-bond donors (Lipinski definition) is 0. The molecule has 1 aromatic heterocycles. The van der Waals surface area contributed by atoms with Crippen LogP contribution in [-0.4, -0.2) is 17.3 Å². The van der Waals surface area contributed by atoms with E-state index < -0.39 is 17.2 Å². The molecule has 3 nitrogen and oxygen atoms in total. The van der Waals surface area contributed by atoms with E-state index in [0.29, 0.717) is 5.56 Å². The molecular formula is C9H8ClF2NO2. The smallest absolute Gasteiger partial charge is 0.269 e. The minimum absolute atomic E-state index is 0.237. The molecule has 0 atom stereocenters. The molecular weight excluding hydrogens is 228 g/mol. The second-order valence-corrected chi connectivity index (χ2v) is 3.16. The van der Waals surface area contributed by atoms with Gasteiger partial charge in [0.25, 0.3) is 11.7 Å². The summed E-state index contributed by atoms with van der Waals surface area (Å²) in [5, 5.41) is -0.941. The summed E-state index contributed by atoms with van der Waals surface area (Å²) >= 11 is 5.23. The van der Waals surface area contributed by atoms with Crippen molar-refractivity contribution >= 4 is 16.8 Å². The highest BCUT2D eigenvalue weighted by Gasteiger charge is 2.25. The summed E-state index contributed by atoms with van der Waals surface area (Å²) in [6.45, 7) is 1.48. The van der Waals surface area contributed by atoms with Crippen LogP contribution in [0.1, 0.15) is 27.9 Å². The van der Waals surface area contributed by atoms with Crippen molar-refractivity contribution in [3.05, 3.63) is 22.9 Å². The van der Waals surface area contributed by atoms with Crippen LogP contribution in [0.5, 0.6) is 5.88 Å². The Kier molecular flexibility index (Phi) is 3.57. The van der Waals surface area contributed by atoms with Crippen LogP contribution in [0.2, 0.25) is 0 Å². The molecule has 0 aliphatic rings. The Morgan fingerprint density at radius 3 is 2.60 bits per heavy atom. The molecule has 1 aromatic rings. The first-order valence-corrected chi connectivity index (χ1v) is 4.38. The van der Waals surface area contributed by atoms with E-state index in [9.17, 15) is 13.6 Å². The Labute approximate surface area is 90.0 Å². The van der Waals surface area contributed by atoms with E-state index in [1.165, 1.54) is 20.2 Å². The van der Waals surface area contributed by atoms with Crippen LogP contribution in [-0.2, 0) is 0 Å². The van der Waals surface area contributed by atoms with Gasteiger partial charge in [0.2, 0.25) is 5.88 Å². The maximum atomic E-state index is 12.7. The lowest BCUT2D eigenvalue weighted by Gasteiger charge is -2.11. The van der Waals surface area contributed by atoms with Crippen molar-refractivity contribution in [3.8, 4) is 5.88 Å². The Hall–Kier alpha value is -1.23. The minimum atomic E-state index is -2.86. The summed E-state index contributed by atoms with van der Waals surface area (Å²) < 4.78 is 30.0. The van der Waals surface area contributed by atoms with Gasteiger partial charge in [0, 0.05) is 6.20 Å². The molecule has 0 bridgehead atoms. The number of rotatable bonds is 3. The predicted octanol–water partition coefficient (Wildman–Crippen LogP) is 2.72. The fraction of sp³-hybridized carbons (Fsp3) is 0.333. The number of carbonyl (C=O) groups excluding carboxylic acids is 1. The van der Waals surface area contributed by atoms with Crippen molar-refractivity contribution in [2.45, 2.75) is 13.3 Å². The van der Waals surface area contributed by atoms with E-state index in [-0.39, 0.29) is 11.4 Å². The highest BCUT2D eigenvalue weighted by molar-refractivity contribution is 6.68. The molecule has 0 spiro atoms. The molecule has 1 heterocycles. The number of pyridine rings is 1. The predicted molar refractivity (Wildman–Crippen MR) is 50.7 cm³/mol. The Morgan fingerprint density at radius 2 is 2.20 bits per heavy atom. The number of nitrogens with zero attached hydrogens (tertiary/aromatic N) is 1. The largest absolute Gasteiger partial charge is 0.481 e. The second-order valence-electron chi connectivity index (χ2n) is 2.81. The zero-order chi connectivity index (χ0) is 11.6. The van der Waals surface area contributed by atoms with E-state index in [4.69, 9.17) is 11.6 Å². The lowest BCUT2D eigenvalue weighted by Crippen LogP contribution is -2.06.